The molecule has 0 bridgehead atoms. The van der Waals surface area contributed by atoms with Crippen LogP contribution in [0.1, 0.15) is 44.7 Å². The number of fused-ring (bicyclic) bond motifs is 2. The highest BCUT2D eigenvalue weighted by molar-refractivity contribution is 7.77. The summed E-state index contributed by atoms with van der Waals surface area (Å²) >= 11 is 10.8. The molecule has 2 atom stereocenters. The second-order valence-electron chi connectivity index (χ2n) is 8.48. The van der Waals surface area contributed by atoms with Gasteiger partial charge in [-0.2, -0.15) is 0 Å². The van der Waals surface area contributed by atoms with Crippen LogP contribution in [0.2, 0.25) is 10.0 Å². The minimum Gasteiger partial charge on any atom is -0.480 e. The van der Waals surface area contributed by atoms with Crippen LogP contribution in [0.5, 0.6) is 0 Å². The Balaban J connectivity index is 1.48. The van der Waals surface area contributed by atoms with Crippen LogP contribution in [-0.2, 0) is 29.0 Å². The second kappa shape index (κ2) is 11.6. The number of nitrogens with one attached hydrogen (secondary N) is 2. The Morgan fingerprint density at radius 3 is 2.70 bits per heavy atom. The van der Waals surface area contributed by atoms with Crippen LogP contribution >= 0.6 is 23.2 Å². The van der Waals surface area contributed by atoms with Gasteiger partial charge in [-0.15, -0.1) is 0 Å². The zero-order valence-electron chi connectivity index (χ0n) is 19.3. The fourth-order valence-corrected chi connectivity index (χ4v) is 5.34. The number of carbonyl (C=O) groups excluding carboxylic acids is 2. The summed E-state index contributed by atoms with van der Waals surface area (Å²) in [5, 5.41) is 12.9. The van der Waals surface area contributed by atoms with Crippen molar-refractivity contribution in [2.45, 2.75) is 31.8 Å². The molecule has 1 aliphatic rings. The number of rotatable bonds is 9. The molecule has 0 saturated carbocycles. The van der Waals surface area contributed by atoms with E-state index >= 15 is 0 Å². The Hall–Kier alpha value is -2.96. The number of carboxylic acids is 1. The molecule has 196 valence electrons. The lowest BCUT2D eigenvalue weighted by Crippen LogP contribution is -2.41. The van der Waals surface area contributed by atoms with Crippen molar-refractivity contribution >= 4 is 63.2 Å². The number of nitrogens with zero attached hydrogens (tertiary/aromatic N) is 1. The minimum atomic E-state index is -2.21. The van der Waals surface area contributed by atoms with Gasteiger partial charge in [0.05, 0.1) is 21.9 Å². The monoisotopic (exact) mass is 567 g/mol. The molecule has 2 heterocycles. The van der Waals surface area contributed by atoms with Crippen molar-refractivity contribution < 1.29 is 32.7 Å². The molecule has 3 aromatic rings. The largest absolute Gasteiger partial charge is 0.480 e. The van der Waals surface area contributed by atoms with E-state index in [2.05, 4.69) is 10.0 Å². The van der Waals surface area contributed by atoms with E-state index in [9.17, 15) is 23.7 Å². The number of halogens is 2. The van der Waals surface area contributed by atoms with Gasteiger partial charge in [0, 0.05) is 30.6 Å². The van der Waals surface area contributed by atoms with E-state index in [1.807, 2.05) is 12.1 Å². The summed E-state index contributed by atoms with van der Waals surface area (Å²) in [6, 6.07) is 7.39. The van der Waals surface area contributed by atoms with Gasteiger partial charge in [0.25, 0.3) is 11.8 Å². The van der Waals surface area contributed by atoms with Gasteiger partial charge < -0.3 is 19.7 Å². The van der Waals surface area contributed by atoms with Gasteiger partial charge in [-0.3, -0.25) is 14.1 Å². The first-order valence-corrected chi connectivity index (χ1v) is 13.2. The zero-order chi connectivity index (χ0) is 26.7. The lowest BCUT2D eigenvalue weighted by atomic mass is 9.95. The van der Waals surface area contributed by atoms with Crippen LogP contribution in [0.25, 0.3) is 11.0 Å². The molecule has 13 heteroatoms. The number of carbonyl (C=O) groups is 3. The van der Waals surface area contributed by atoms with Crippen molar-refractivity contribution in [2.24, 2.45) is 0 Å². The fraction of sp³-hybridized carbons (Fsp3) is 0.292. The van der Waals surface area contributed by atoms with Crippen molar-refractivity contribution in [3.63, 3.8) is 0 Å². The van der Waals surface area contributed by atoms with Crippen LogP contribution in [0.3, 0.4) is 0 Å². The molecule has 0 aliphatic carbocycles. The van der Waals surface area contributed by atoms with E-state index in [4.69, 9.17) is 32.2 Å². The quantitative estimate of drug-likeness (QED) is 0.228. The molecule has 2 amide bonds. The fourth-order valence-electron chi connectivity index (χ4n) is 4.26. The van der Waals surface area contributed by atoms with E-state index < -0.39 is 29.2 Å². The number of aliphatic carboxylic acids is 1. The number of furan rings is 1. The van der Waals surface area contributed by atoms with Gasteiger partial charge in [-0.05, 0) is 54.7 Å². The summed E-state index contributed by atoms with van der Waals surface area (Å²) in [6.07, 6.45) is 2.19. The zero-order valence-corrected chi connectivity index (χ0v) is 21.7. The van der Waals surface area contributed by atoms with Crippen molar-refractivity contribution in [3.8, 4) is 0 Å². The average Bonchev–Trinajstić information content (AvgIpc) is 3.32. The first kappa shape index (κ1) is 27.1. The minimum absolute atomic E-state index is 0.0202. The molecular weight excluding hydrogens is 545 g/mol. The van der Waals surface area contributed by atoms with Gasteiger partial charge in [0.1, 0.15) is 11.6 Å². The summed E-state index contributed by atoms with van der Waals surface area (Å²) < 4.78 is 27.0. The van der Waals surface area contributed by atoms with E-state index in [1.165, 1.54) is 0 Å². The van der Waals surface area contributed by atoms with E-state index in [0.717, 1.165) is 5.39 Å². The third-order valence-corrected chi connectivity index (χ3v) is 7.29. The summed E-state index contributed by atoms with van der Waals surface area (Å²) in [5.41, 5.74) is 2.43. The number of hydrogen-bond donors (Lipinski definition) is 4. The van der Waals surface area contributed by atoms with Gasteiger partial charge in [0.2, 0.25) is 11.3 Å². The molecule has 0 spiro atoms. The molecule has 4 rings (SSSR count). The maximum absolute atomic E-state index is 13.1. The van der Waals surface area contributed by atoms with Crippen LogP contribution in [0.15, 0.2) is 41.0 Å². The highest BCUT2D eigenvalue weighted by atomic mass is 35.5. The van der Waals surface area contributed by atoms with Gasteiger partial charge in [-0.1, -0.05) is 29.3 Å². The van der Waals surface area contributed by atoms with Crippen molar-refractivity contribution in [1.29, 1.82) is 0 Å². The molecule has 1 unspecified atom stereocenters. The Morgan fingerprint density at radius 1 is 1.19 bits per heavy atom. The standard InChI is InChI=1S/C24H23Cl2N3O7S/c25-17-10-15-12-29(23(31)14-4-3-13-6-9-36-19(13)11-14)8-5-16(15)21(26)20(17)22(30)28-18(24(32)33)2-1-7-27-37(34)35/h3-4,6,9-11,18,27H,1-2,5,7-8,12H2,(H,28,30)(H,32,33)(H,34,35)/t18-/m0/s1. The van der Waals surface area contributed by atoms with Gasteiger partial charge >= 0.3 is 5.97 Å². The molecule has 10 nitrogen and oxygen atoms in total. The summed E-state index contributed by atoms with van der Waals surface area (Å²) in [6.45, 7) is 0.692. The van der Waals surface area contributed by atoms with E-state index in [0.29, 0.717) is 35.2 Å². The maximum Gasteiger partial charge on any atom is 0.326 e. The van der Waals surface area contributed by atoms with Gasteiger partial charge in [-0.25, -0.2) is 13.7 Å². The third kappa shape index (κ3) is 6.13. The smallest absolute Gasteiger partial charge is 0.326 e. The molecule has 37 heavy (non-hydrogen) atoms. The second-order valence-corrected chi connectivity index (χ2v) is 10.1. The van der Waals surface area contributed by atoms with Gasteiger partial charge in [0.15, 0.2) is 0 Å². The topological polar surface area (TPSA) is 149 Å². The van der Waals surface area contributed by atoms with E-state index in [-0.39, 0.29) is 47.4 Å². The summed E-state index contributed by atoms with van der Waals surface area (Å²) in [4.78, 5) is 39.3. The molecule has 0 radical (unpaired) electrons. The average molecular weight is 568 g/mol. The Kier molecular flexibility index (Phi) is 8.50. The Morgan fingerprint density at radius 2 is 1.97 bits per heavy atom. The highest BCUT2D eigenvalue weighted by Gasteiger charge is 2.29. The van der Waals surface area contributed by atoms with Crippen molar-refractivity contribution in [3.05, 3.63) is 68.9 Å². The summed E-state index contributed by atoms with van der Waals surface area (Å²) in [7, 11) is 0. The van der Waals surface area contributed by atoms with Crippen LogP contribution in [0.4, 0.5) is 0 Å². The Bertz CT molecular complexity index is 1390. The first-order valence-electron chi connectivity index (χ1n) is 11.3. The lowest BCUT2D eigenvalue weighted by molar-refractivity contribution is -0.139. The molecule has 4 N–H and O–H groups in total. The number of hydrogen-bond acceptors (Lipinski definition) is 5. The SMILES string of the molecule is O=C(N[C@@H](CCCNS(=O)O)C(=O)O)c1c(Cl)cc2c(c1Cl)CCN(C(=O)c1ccc3ccoc3c1)C2. The molecule has 0 saturated heterocycles. The maximum atomic E-state index is 13.1. The molecular formula is C24H23Cl2N3O7S. The van der Waals surface area contributed by atoms with Crippen LogP contribution < -0.4 is 10.0 Å². The number of carboxylic acid groups (broad SMARTS) is 1. The van der Waals surface area contributed by atoms with E-state index in [1.54, 1.807) is 29.4 Å². The predicted octanol–water partition coefficient (Wildman–Crippen LogP) is 3.63. The van der Waals surface area contributed by atoms with Crippen LogP contribution in [0, 0.1) is 0 Å². The lowest BCUT2D eigenvalue weighted by Gasteiger charge is -2.30. The predicted molar refractivity (Wildman–Crippen MR) is 138 cm³/mol. The van der Waals surface area contributed by atoms with Crippen molar-refractivity contribution in [2.75, 3.05) is 13.1 Å². The molecule has 1 aromatic heterocycles. The molecule has 2 aromatic carbocycles. The van der Waals surface area contributed by atoms with Crippen molar-refractivity contribution in [1.82, 2.24) is 14.9 Å². The third-order valence-electron chi connectivity index (χ3n) is 6.12. The normalized spacial score (nSPS) is 14.7. The van der Waals surface area contributed by atoms with Crippen LogP contribution in [-0.4, -0.2) is 55.7 Å². The number of benzene rings is 2. The first-order chi connectivity index (χ1) is 17.7. The number of amides is 2. The molecule has 0 fully saturated rings. The highest BCUT2D eigenvalue weighted by Crippen LogP contribution is 2.35. The molecule has 1 aliphatic heterocycles. The summed E-state index contributed by atoms with van der Waals surface area (Å²) in [5.74, 6) is -2.18. The Labute approximate surface area is 224 Å².